The second-order valence-electron chi connectivity index (χ2n) is 4.76. The zero-order valence-corrected chi connectivity index (χ0v) is 10.4. The largest absolute Gasteiger partial charge is 0.388 e. The Kier molecular flexibility index (Phi) is 3.05. The van der Waals surface area contributed by atoms with Gasteiger partial charge in [-0.1, -0.05) is 48.5 Å². The second-order valence-corrected chi connectivity index (χ2v) is 4.76. The fourth-order valence-corrected chi connectivity index (χ4v) is 2.59. The van der Waals surface area contributed by atoms with Gasteiger partial charge in [0.15, 0.2) is 0 Å². The predicted octanol–water partition coefficient (Wildman–Crippen LogP) is 2.25. The van der Waals surface area contributed by atoms with Crippen molar-refractivity contribution in [1.82, 2.24) is 5.32 Å². The minimum absolute atomic E-state index is 0.117. The lowest BCUT2D eigenvalue weighted by Gasteiger charge is -2.21. The van der Waals surface area contributed by atoms with E-state index in [1.54, 1.807) is 6.07 Å². The zero-order chi connectivity index (χ0) is 13.2. The molecule has 0 aliphatic carbocycles. The van der Waals surface area contributed by atoms with Crippen molar-refractivity contribution in [2.45, 2.75) is 12.0 Å². The zero-order valence-electron chi connectivity index (χ0n) is 10.4. The molecule has 0 aromatic heterocycles. The minimum atomic E-state index is -0.669. The summed E-state index contributed by atoms with van der Waals surface area (Å²) in [7, 11) is 0. The van der Waals surface area contributed by atoms with E-state index in [1.165, 1.54) is 0 Å². The fraction of sp³-hybridized carbons (Fsp3) is 0.188. The van der Waals surface area contributed by atoms with Crippen molar-refractivity contribution >= 4 is 5.91 Å². The Balaban J connectivity index is 2.05. The topological polar surface area (TPSA) is 49.3 Å². The lowest BCUT2D eigenvalue weighted by molar-refractivity contribution is 0.0952. The number of amides is 1. The summed E-state index contributed by atoms with van der Waals surface area (Å²) in [6.45, 7) is 0.443. The first-order valence-corrected chi connectivity index (χ1v) is 6.37. The van der Waals surface area contributed by atoms with E-state index in [9.17, 15) is 9.90 Å². The quantitative estimate of drug-likeness (QED) is 0.819. The van der Waals surface area contributed by atoms with Crippen LogP contribution in [0, 0.1) is 0 Å². The molecule has 0 saturated heterocycles. The Morgan fingerprint density at radius 2 is 1.68 bits per heavy atom. The van der Waals surface area contributed by atoms with E-state index in [2.05, 4.69) is 5.32 Å². The number of carbonyl (C=O) groups excluding carboxylic acids is 1. The lowest BCUT2D eigenvalue weighted by Crippen LogP contribution is -2.26. The number of carbonyl (C=O) groups is 1. The summed E-state index contributed by atoms with van der Waals surface area (Å²) in [5.74, 6) is -0.234. The van der Waals surface area contributed by atoms with Crippen molar-refractivity contribution in [3.8, 4) is 0 Å². The highest BCUT2D eigenvalue weighted by Gasteiger charge is 2.29. The molecule has 0 spiro atoms. The standard InChI is InChI=1S/C16H15NO2/c18-15-12-8-4-5-9-13(12)16(19)17-10-14(15)11-6-2-1-3-7-11/h1-9,14-15,18H,10H2,(H,17,19)/t14-,15-/m0/s1. The van der Waals surface area contributed by atoms with Crippen LogP contribution in [0.2, 0.25) is 0 Å². The average molecular weight is 253 g/mol. The van der Waals surface area contributed by atoms with E-state index in [0.717, 1.165) is 5.56 Å². The van der Waals surface area contributed by atoms with Crippen molar-refractivity contribution in [2.75, 3.05) is 6.54 Å². The van der Waals surface area contributed by atoms with Gasteiger partial charge in [-0.15, -0.1) is 0 Å². The third-order valence-electron chi connectivity index (χ3n) is 3.62. The SMILES string of the molecule is O=C1NC[C@@H](c2ccccc2)[C@@H](O)c2ccccc21. The summed E-state index contributed by atoms with van der Waals surface area (Å²) in [6.07, 6.45) is -0.669. The monoisotopic (exact) mass is 253 g/mol. The number of aliphatic hydroxyl groups excluding tert-OH is 1. The van der Waals surface area contributed by atoms with Crippen LogP contribution >= 0.6 is 0 Å². The molecule has 0 radical (unpaired) electrons. The van der Waals surface area contributed by atoms with Crippen LogP contribution in [0.3, 0.4) is 0 Å². The molecule has 3 rings (SSSR count). The van der Waals surface area contributed by atoms with Crippen molar-refractivity contribution in [3.63, 3.8) is 0 Å². The maximum absolute atomic E-state index is 12.0. The molecule has 2 atom stereocenters. The molecule has 2 N–H and O–H groups in total. The van der Waals surface area contributed by atoms with Gasteiger partial charge in [0.2, 0.25) is 0 Å². The number of rotatable bonds is 1. The Hall–Kier alpha value is -2.13. The first-order valence-electron chi connectivity index (χ1n) is 6.37. The first kappa shape index (κ1) is 11.9. The van der Waals surface area contributed by atoms with Crippen LogP contribution in [0.5, 0.6) is 0 Å². The number of hydrogen-bond donors (Lipinski definition) is 2. The van der Waals surface area contributed by atoms with Gasteiger partial charge in [-0.25, -0.2) is 0 Å². The molecule has 2 aromatic rings. The highest BCUT2D eigenvalue weighted by atomic mass is 16.3. The summed E-state index contributed by atoms with van der Waals surface area (Å²) in [4.78, 5) is 12.0. The average Bonchev–Trinajstić information content (AvgIpc) is 2.59. The van der Waals surface area contributed by atoms with Crippen LogP contribution < -0.4 is 5.32 Å². The van der Waals surface area contributed by atoms with Gasteiger partial charge in [-0.05, 0) is 17.2 Å². The summed E-state index contributed by atoms with van der Waals surface area (Å²) in [5.41, 5.74) is 2.30. The molecular formula is C16H15NO2. The third-order valence-corrected chi connectivity index (χ3v) is 3.62. The van der Waals surface area contributed by atoms with Crippen molar-refractivity contribution in [2.24, 2.45) is 0 Å². The van der Waals surface area contributed by atoms with Crippen LogP contribution in [0.1, 0.15) is 33.5 Å². The van der Waals surface area contributed by atoms with E-state index in [1.807, 2.05) is 48.5 Å². The van der Waals surface area contributed by atoms with Crippen molar-refractivity contribution in [3.05, 3.63) is 71.3 Å². The normalized spacial score (nSPS) is 22.3. The third kappa shape index (κ3) is 2.13. The molecule has 3 heteroatoms. The molecule has 0 saturated carbocycles. The molecule has 96 valence electrons. The van der Waals surface area contributed by atoms with Gasteiger partial charge in [-0.2, -0.15) is 0 Å². The van der Waals surface area contributed by atoms with Gasteiger partial charge in [-0.3, -0.25) is 4.79 Å². The van der Waals surface area contributed by atoms with E-state index in [-0.39, 0.29) is 11.8 Å². The molecule has 1 aliphatic heterocycles. The maximum atomic E-state index is 12.0. The number of nitrogens with one attached hydrogen (secondary N) is 1. The molecule has 2 aromatic carbocycles. The first-order chi connectivity index (χ1) is 9.27. The van der Waals surface area contributed by atoms with Gasteiger partial charge in [0.05, 0.1) is 6.10 Å². The van der Waals surface area contributed by atoms with Crippen LogP contribution in [0.4, 0.5) is 0 Å². The van der Waals surface area contributed by atoms with Crippen molar-refractivity contribution in [1.29, 1.82) is 0 Å². The van der Waals surface area contributed by atoms with Crippen LogP contribution in [-0.4, -0.2) is 17.6 Å². The summed E-state index contributed by atoms with van der Waals surface area (Å²) < 4.78 is 0. The predicted molar refractivity (Wildman–Crippen MR) is 72.9 cm³/mol. The number of benzene rings is 2. The molecule has 1 aliphatic rings. The van der Waals surface area contributed by atoms with E-state index < -0.39 is 6.10 Å². The summed E-state index contributed by atoms with van der Waals surface area (Å²) in [6, 6.07) is 17.0. The maximum Gasteiger partial charge on any atom is 0.251 e. The van der Waals surface area contributed by atoms with Crippen LogP contribution in [-0.2, 0) is 0 Å². The molecule has 0 bridgehead atoms. The van der Waals surface area contributed by atoms with E-state index >= 15 is 0 Å². The van der Waals surface area contributed by atoms with Crippen LogP contribution in [0.25, 0.3) is 0 Å². The fourth-order valence-electron chi connectivity index (χ4n) is 2.59. The Labute approximate surface area is 111 Å². The Morgan fingerprint density at radius 3 is 2.47 bits per heavy atom. The number of aliphatic hydroxyl groups is 1. The molecular weight excluding hydrogens is 238 g/mol. The van der Waals surface area contributed by atoms with Crippen LogP contribution in [0.15, 0.2) is 54.6 Å². The highest BCUT2D eigenvalue weighted by molar-refractivity contribution is 5.96. The molecule has 1 heterocycles. The van der Waals surface area contributed by atoms with Crippen molar-refractivity contribution < 1.29 is 9.90 Å². The number of fused-ring (bicyclic) bond motifs is 1. The molecule has 0 unspecified atom stereocenters. The van der Waals surface area contributed by atoms with Gasteiger partial charge >= 0.3 is 0 Å². The molecule has 19 heavy (non-hydrogen) atoms. The Morgan fingerprint density at radius 1 is 1.00 bits per heavy atom. The highest BCUT2D eigenvalue weighted by Crippen LogP contribution is 2.34. The van der Waals surface area contributed by atoms with E-state index in [0.29, 0.717) is 17.7 Å². The van der Waals surface area contributed by atoms with Gasteiger partial charge in [0.25, 0.3) is 5.91 Å². The van der Waals surface area contributed by atoms with E-state index in [4.69, 9.17) is 0 Å². The lowest BCUT2D eigenvalue weighted by atomic mass is 9.88. The molecule has 1 amide bonds. The summed E-state index contributed by atoms with van der Waals surface area (Å²) >= 11 is 0. The minimum Gasteiger partial charge on any atom is -0.388 e. The van der Waals surface area contributed by atoms with Gasteiger partial charge in [0, 0.05) is 18.0 Å². The van der Waals surface area contributed by atoms with Gasteiger partial charge in [0.1, 0.15) is 0 Å². The van der Waals surface area contributed by atoms with Gasteiger partial charge < -0.3 is 10.4 Å². The Bertz CT molecular complexity index is 595. The number of hydrogen-bond acceptors (Lipinski definition) is 2. The molecule has 0 fully saturated rings. The molecule has 3 nitrogen and oxygen atoms in total. The summed E-state index contributed by atoms with van der Waals surface area (Å²) in [5, 5.41) is 13.5. The smallest absolute Gasteiger partial charge is 0.251 e. The second kappa shape index (κ2) is 4.86.